The normalized spacial score (nSPS) is 10.8. The Morgan fingerprint density at radius 3 is 2.83 bits per heavy atom. The summed E-state index contributed by atoms with van der Waals surface area (Å²) in [6.45, 7) is 0. The molecule has 2 heterocycles. The molecule has 1 aromatic carbocycles. The first-order chi connectivity index (χ1) is 8.79. The summed E-state index contributed by atoms with van der Waals surface area (Å²) >= 11 is 0. The number of hydrogen-bond donors (Lipinski definition) is 0. The smallest absolute Gasteiger partial charge is 0.155 e. The Bertz CT molecular complexity index is 708. The molecule has 0 amide bonds. The first-order valence-corrected chi connectivity index (χ1v) is 5.42. The van der Waals surface area contributed by atoms with E-state index in [9.17, 15) is 4.39 Å². The standard InChI is InChI=1S/C13H10FN3O/c1-18-9-2-3-10(11(14)8-9)12-4-6-15-13-5-7-16-17(12)13/h2-8H,1H3. The number of hydrogen-bond acceptors (Lipinski definition) is 3. The predicted octanol–water partition coefficient (Wildman–Crippen LogP) is 2.54. The Hall–Kier alpha value is -2.43. The molecule has 4 nitrogen and oxygen atoms in total. The molecule has 0 aliphatic heterocycles. The largest absolute Gasteiger partial charge is 0.497 e. The third kappa shape index (κ3) is 1.60. The second-order valence-electron chi connectivity index (χ2n) is 3.78. The summed E-state index contributed by atoms with van der Waals surface area (Å²) in [5.74, 6) is 0.138. The highest BCUT2D eigenvalue weighted by molar-refractivity contribution is 5.63. The van der Waals surface area contributed by atoms with Crippen LogP contribution in [-0.4, -0.2) is 21.7 Å². The predicted molar refractivity (Wildman–Crippen MR) is 64.9 cm³/mol. The van der Waals surface area contributed by atoms with Gasteiger partial charge in [-0.15, -0.1) is 0 Å². The van der Waals surface area contributed by atoms with Crippen molar-refractivity contribution in [2.24, 2.45) is 0 Å². The van der Waals surface area contributed by atoms with Gasteiger partial charge >= 0.3 is 0 Å². The number of aromatic nitrogens is 3. The lowest BCUT2D eigenvalue weighted by Gasteiger charge is -2.07. The zero-order valence-electron chi connectivity index (χ0n) is 9.67. The SMILES string of the molecule is COc1ccc(-c2ccnc3ccnn23)c(F)c1. The fourth-order valence-corrected chi connectivity index (χ4v) is 1.87. The van der Waals surface area contributed by atoms with Gasteiger partial charge in [-0.25, -0.2) is 13.9 Å². The summed E-state index contributed by atoms with van der Waals surface area (Å²) in [7, 11) is 1.51. The van der Waals surface area contributed by atoms with Gasteiger partial charge in [-0.05, 0) is 18.2 Å². The molecule has 0 fully saturated rings. The second-order valence-corrected chi connectivity index (χ2v) is 3.78. The Morgan fingerprint density at radius 2 is 2.06 bits per heavy atom. The van der Waals surface area contributed by atoms with Crippen LogP contribution in [0, 0.1) is 5.82 Å². The summed E-state index contributed by atoms with van der Waals surface area (Å²) in [6.07, 6.45) is 3.27. The van der Waals surface area contributed by atoms with Crippen LogP contribution in [-0.2, 0) is 0 Å². The van der Waals surface area contributed by atoms with Gasteiger partial charge < -0.3 is 4.74 Å². The van der Waals surface area contributed by atoms with E-state index in [-0.39, 0.29) is 5.82 Å². The van der Waals surface area contributed by atoms with Crippen LogP contribution in [0.2, 0.25) is 0 Å². The van der Waals surface area contributed by atoms with Crippen molar-refractivity contribution in [3.63, 3.8) is 0 Å². The number of rotatable bonds is 2. The van der Waals surface area contributed by atoms with Crippen molar-refractivity contribution in [2.45, 2.75) is 0 Å². The van der Waals surface area contributed by atoms with Crippen molar-refractivity contribution >= 4 is 5.65 Å². The number of benzene rings is 1. The van der Waals surface area contributed by atoms with Gasteiger partial charge in [0.1, 0.15) is 11.6 Å². The maximum atomic E-state index is 14.0. The molecule has 0 aliphatic rings. The van der Waals surface area contributed by atoms with Crippen molar-refractivity contribution in [3.8, 4) is 17.0 Å². The fourth-order valence-electron chi connectivity index (χ4n) is 1.87. The molecular weight excluding hydrogens is 233 g/mol. The zero-order chi connectivity index (χ0) is 12.5. The van der Waals surface area contributed by atoms with Gasteiger partial charge in [0.05, 0.1) is 19.0 Å². The first-order valence-electron chi connectivity index (χ1n) is 5.42. The molecule has 90 valence electrons. The first kappa shape index (κ1) is 10.7. The molecule has 3 rings (SSSR count). The summed E-state index contributed by atoms with van der Waals surface area (Å²) in [5.41, 5.74) is 1.81. The van der Waals surface area contributed by atoms with E-state index in [4.69, 9.17) is 4.74 Å². The molecule has 2 aromatic heterocycles. The van der Waals surface area contributed by atoms with Crippen LogP contribution in [0.25, 0.3) is 16.9 Å². The van der Waals surface area contributed by atoms with Gasteiger partial charge in [0.15, 0.2) is 5.65 Å². The van der Waals surface area contributed by atoms with Crippen LogP contribution in [0.5, 0.6) is 5.75 Å². The highest BCUT2D eigenvalue weighted by atomic mass is 19.1. The van der Waals surface area contributed by atoms with Gasteiger partial charge in [0, 0.05) is 23.9 Å². The molecular formula is C13H10FN3O. The Labute approximate surface area is 103 Å². The molecule has 0 spiro atoms. The van der Waals surface area contributed by atoms with E-state index in [0.29, 0.717) is 22.7 Å². The third-order valence-electron chi connectivity index (χ3n) is 2.74. The van der Waals surface area contributed by atoms with E-state index in [2.05, 4.69) is 10.1 Å². The van der Waals surface area contributed by atoms with Gasteiger partial charge in [0.25, 0.3) is 0 Å². The van der Waals surface area contributed by atoms with Crippen LogP contribution in [0.4, 0.5) is 4.39 Å². The van der Waals surface area contributed by atoms with E-state index in [0.717, 1.165) is 0 Å². The summed E-state index contributed by atoms with van der Waals surface area (Å²) in [5, 5.41) is 4.13. The highest BCUT2D eigenvalue weighted by Crippen LogP contribution is 2.25. The van der Waals surface area contributed by atoms with E-state index in [1.54, 1.807) is 41.2 Å². The molecule has 3 aromatic rings. The molecule has 0 saturated heterocycles. The van der Waals surface area contributed by atoms with Gasteiger partial charge in [-0.1, -0.05) is 0 Å². The van der Waals surface area contributed by atoms with Crippen molar-refractivity contribution in [1.82, 2.24) is 14.6 Å². The number of nitrogens with zero attached hydrogens (tertiary/aromatic N) is 3. The van der Waals surface area contributed by atoms with E-state index < -0.39 is 0 Å². The molecule has 0 saturated carbocycles. The molecule has 0 radical (unpaired) electrons. The van der Waals surface area contributed by atoms with Crippen LogP contribution in [0.3, 0.4) is 0 Å². The maximum absolute atomic E-state index is 14.0. The number of halogens is 1. The zero-order valence-corrected chi connectivity index (χ0v) is 9.67. The number of methoxy groups -OCH3 is 1. The molecule has 0 unspecified atom stereocenters. The van der Waals surface area contributed by atoms with E-state index in [1.807, 2.05) is 0 Å². The third-order valence-corrected chi connectivity index (χ3v) is 2.74. The Kier molecular flexibility index (Phi) is 2.44. The molecule has 0 N–H and O–H groups in total. The number of ether oxygens (including phenoxy) is 1. The minimum atomic E-state index is -0.350. The van der Waals surface area contributed by atoms with Crippen molar-refractivity contribution < 1.29 is 9.13 Å². The number of fused-ring (bicyclic) bond motifs is 1. The molecule has 0 atom stereocenters. The average molecular weight is 243 g/mol. The lowest BCUT2D eigenvalue weighted by Crippen LogP contribution is -1.97. The minimum absolute atomic E-state index is 0.350. The lowest BCUT2D eigenvalue weighted by atomic mass is 10.1. The average Bonchev–Trinajstić information content (AvgIpc) is 2.87. The second kappa shape index (κ2) is 4.10. The Morgan fingerprint density at radius 1 is 1.17 bits per heavy atom. The van der Waals surface area contributed by atoms with Gasteiger partial charge in [-0.3, -0.25) is 0 Å². The van der Waals surface area contributed by atoms with Crippen LogP contribution in [0.1, 0.15) is 0 Å². The molecule has 0 aliphatic carbocycles. The quantitative estimate of drug-likeness (QED) is 0.694. The van der Waals surface area contributed by atoms with E-state index in [1.165, 1.54) is 13.2 Å². The van der Waals surface area contributed by atoms with E-state index >= 15 is 0 Å². The lowest BCUT2D eigenvalue weighted by molar-refractivity contribution is 0.411. The topological polar surface area (TPSA) is 39.4 Å². The van der Waals surface area contributed by atoms with Crippen LogP contribution in [0.15, 0.2) is 42.7 Å². The summed E-state index contributed by atoms with van der Waals surface area (Å²) in [6, 6.07) is 8.24. The van der Waals surface area contributed by atoms with Crippen LogP contribution < -0.4 is 4.74 Å². The van der Waals surface area contributed by atoms with Crippen molar-refractivity contribution in [1.29, 1.82) is 0 Å². The highest BCUT2D eigenvalue weighted by Gasteiger charge is 2.10. The molecule has 0 bridgehead atoms. The molecule has 5 heteroatoms. The van der Waals surface area contributed by atoms with Crippen molar-refractivity contribution in [2.75, 3.05) is 7.11 Å². The Balaban J connectivity index is 2.23. The van der Waals surface area contributed by atoms with Crippen molar-refractivity contribution in [3.05, 3.63) is 48.5 Å². The molecule has 18 heavy (non-hydrogen) atoms. The van der Waals surface area contributed by atoms with Gasteiger partial charge in [0.2, 0.25) is 0 Å². The minimum Gasteiger partial charge on any atom is -0.497 e. The summed E-state index contributed by atoms with van der Waals surface area (Å²) in [4.78, 5) is 4.14. The summed E-state index contributed by atoms with van der Waals surface area (Å²) < 4.78 is 20.6. The fraction of sp³-hybridized carbons (Fsp3) is 0.0769. The monoisotopic (exact) mass is 243 g/mol. The van der Waals surface area contributed by atoms with Crippen LogP contribution >= 0.6 is 0 Å². The van der Waals surface area contributed by atoms with Gasteiger partial charge in [-0.2, -0.15) is 5.10 Å². The maximum Gasteiger partial charge on any atom is 0.155 e.